The first-order valence-electron chi connectivity index (χ1n) is 9.88. The summed E-state index contributed by atoms with van der Waals surface area (Å²) < 4.78 is 83.2. The summed E-state index contributed by atoms with van der Waals surface area (Å²) >= 11 is 0. The Morgan fingerprint density at radius 2 is 1.52 bits per heavy atom. The van der Waals surface area contributed by atoms with Crippen LogP contribution in [-0.4, -0.2) is 25.7 Å². The minimum absolute atomic E-state index is 0.0876. The molecule has 2 rings (SSSR count). The first kappa shape index (κ1) is 25.2. The normalized spacial score (nSPS) is 14.5. The highest BCUT2D eigenvalue weighted by atomic mass is 19.4. The van der Waals surface area contributed by atoms with E-state index in [0.29, 0.717) is 25.2 Å². The number of nitrogens with one attached hydrogen (secondary N) is 1. The van der Waals surface area contributed by atoms with Gasteiger partial charge in [-0.25, -0.2) is 0 Å². The second kappa shape index (κ2) is 11.0. The van der Waals surface area contributed by atoms with Gasteiger partial charge in [-0.2, -0.15) is 26.3 Å². The highest BCUT2D eigenvalue weighted by Crippen LogP contribution is 2.37. The minimum Gasteiger partial charge on any atom is -0.373 e. The van der Waals surface area contributed by atoms with Gasteiger partial charge in [-0.1, -0.05) is 30.3 Å². The van der Waals surface area contributed by atoms with Crippen LogP contribution in [0.25, 0.3) is 0 Å². The number of ether oxygens (including phenoxy) is 1. The van der Waals surface area contributed by atoms with E-state index in [1.165, 1.54) is 12.5 Å². The monoisotopic (exact) mass is 448 g/mol. The molecule has 0 saturated heterocycles. The topological polar surface area (TPSA) is 47.3 Å². The van der Waals surface area contributed by atoms with Gasteiger partial charge in [-0.05, 0) is 49.1 Å². The lowest BCUT2D eigenvalue weighted by Crippen LogP contribution is -2.35. The molecule has 2 atom stereocenters. The fourth-order valence-electron chi connectivity index (χ4n) is 3.00. The van der Waals surface area contributed by atoms with E-state index < -0.39 is 29.6 Å². The molecule has 2 aromatic rings. The fraction of sp³-hybridized carbons (Fsp3) is 0.455. The summed E-state index contributed by atoms with van der Waals surface area (Å²) in [7, 11) is 0. The number of nitrogens with two attached hydrogens (primary N) is 1. The molecule has 0 fully saturated rings. The smallest absolute Gasteiger partial charge is 0.373 e. The molecule has 0 spiro atoms. The summed E-state index contributed by atoms with van der Waals surface area (Å²) in [6.45, 7) is 2.42. The Morgan fingerprint density at radius 1 is 0.935 bits per heavy atom. The van der Waals surface area contributed by atoms with Gasteiger partial charge in [0.15, 0.2) is 0 Å². The van der Waals surface area contributed by atoms with Gasteiger partial charge in [0.1, 0.15) is 0 Å². The fourth-order valence-corrected chi connectivity index (χ4v) is 3.00. The molecule has 31 heavy (non-hydrogen) atoms. The molecule has 3 N–H and O–H groups in total. The molecule has 3 nitrogen and oxygen atoms in total. The van der Waals surface area contributed by atoms with Crippen molar-refractivity contribution in [2.75, 3.05) is 19.7 Å². The predicted octanol–water partition coefficient (Wildman–Crippen LogP) is 5.35. The van der Waals surface area contributed by atoms with Crippen LogP contribution in [0.3, 0.4) is 0 Å². The molecule has 0 aliphatic carbocycles. The van der Waals surface area contributed by atoms with Gasteiger partial charge in [0.2, 0.25) is 0 Å². The maximum absolute atomic E-state index is 13.0. The van der Waals surface area contributed by atoms with E-state index in [1.54, 1.807) is 0 Å². The molecule has 0 aliphatic heterocycles. The summed E-state index contributed by atoms with van der Waals surface area (Å²) in [5.74, 6) is 0. The number of rotatable bonds is 10. The molecular formula is C22H26F6N2O. The summed E-state index contributed by atoms with van der Waals surface area (Å²) in [5, 5.41) is 3.09. The first-order chi connectivity index (χ1) is 14.5. The van der Waals surface area contributed by atoms with Crippen LogP contribution in [0.1, 0.15) is 41.7 Å². The maximum Gasteiger partial charge on any atom is 0.416 e. The number of halogens is 6. The second-order valence-corrected chi connectivity index (χ2v) is 7.34. The average Bonchev–Trinajstić information content (AvgIpc) is 2.71. The largest absolute Gasteiger partial charge is 0.416 e. The first-order valence-corrected chi connectivity index (χ1v) is 9.88. The van der Waals surface area contributed by atoms with E-state index in [2.05, 4.69) is 5.32 Å². The standard InChI is InChI=1S/C22H26F6N2O/c1-15(17-11-18(21(23,24)25)13-19(12-17)22(26,27)28)31-10-9-30-14-20(29)8-7-16-5-3-2-4-6-16/h2-6,11-13,15,20,30H,7-10,14,29H2,1H3/t15-,20?/m1/s1. The van der Waals surface area contributed by atoms with Crippen molar-refractivity contribution in [1.82, 2.24) is 5.32 Å². The predicted molar refractivity (Wildman–Crippen MR) is 106 cm³/mol. The Bertz CT molecular complexity index is 776. The molecule has 0 aliphatic rings. The van der Waals surface area contributed by atoms with Gasteiger partial charge in [-0.3, -0.25) is 0 Å². The zero-order chi connectivity index (χ0) is 23.1. The van der Waals surface area contributed by atoms with Crippen LogP contribution in [0.5, 0.6) is 0 Å². The molecule has 2 aromatic carbocycles. The Balaban J connectivity index is 1.81. The quantitative estimate of drug-likeness (QED) is 0.381. The van der Waals surface area contributed by atoms with Gasteiger partial charge in [0.05, 0.1) is 23.8 Å². The molecule has 172 valence electrons. The molecule has 1 unspecified atom stereocenters. The molecule has 0 amide bonds. The van der Waals surface area contributed by atoms with Crippen molar-refractivity contribution in [3.63, 3.8) is 0 Å². The molecule has 0 aromatic heterocycles. The van der Waals surface area contributed by atoms with Gasteiger partial charge < -0.3 is 15.8 Å². The Morgan fingerprint density at radius 3 is 2.06 bits per heavy atom. The van der Waals surface area contributed by atoms with Crippen LogP contribution in [0, 0.1) is 0 Å². The molecule has 0 radical (unpaired) electrons. The van der Waals surface area contributed by atoms with E-state index in [0.717, 1.165) is 12.8 Å². The van der Waals surface area contributed by atoms with Gasteiger partial charge in [0.25, 0.3) is 0 Å². The van der Waals surface area contributed by atoms with Crippen molar-refractivity contribution in [1.29, 1.82) is 0 Å². The molecule has 0 heterocycles. The van der Waals surface area contributed by atoms with Gasteiger partial charge in [0, 0.05) is 19.1 Å². The highest BCUT2D eigenvalue weighted by Gasteiger charge is 2.37. The maximum atomic E-state index is 13.0. The van der Waals surface area contributed by atoms with E-state index in [9.17, 15) is 26.3 Å². The summed E-state index contributed by atoms with van der Waals surface area (Å²) in [5.41, 5.74) is 4.36. The van der Waals surface area contributed by atoms with Gasteiger partial charge in [-0.15, -0.1) is 0 Å². The Kier molecular flexibility index (Phi) is 8.90. The third-order valence-corrected chi connectivity index (χ3v) is 4.78. The van der Waals surface area contributed by atoms with Crippen LogP contribution in [0.15, 0.2) is 48.5 Å². The summed E-state index contributed by atoms with van der Waals surface area (Å²) in [6.07, 6.45) is -9.08. The van der Waals surface area contributed by atoms with E-state index in [1.807, 2.05) is 30.3 Å². The van der Waals surface area contributed by atoms with Crippen molar-refractivity contribution < 1.29 is 31.1 Å². The third kappa shape index (κ3) is 8.51. The van der Waals surface area contributed by atoms with Crippen LogP contribution < -0.4 is 11.1 Å². The van der Waals surface area contributed by atoms with Crippen LogP contribution in [-0.2, 0) is 23.5 Å². The average molecular weight is 448 g/mol. The number of alkyl halides is 6. The van der Waals surface area contributed by atoms with Crippen molar-refractivity contribution >= 4 is 0 Å². The zero-order valence-electron chi connectivity index (χ0n) is 17.1. The molecule has 0 bridgehead atoms. The van der Waals surface area contributed by atoms with Crippen LogP contribution >= 0.6 is 0 Å². The third-order valence-electron chi connectivity index (χ3n) is 4.78. The Labute approximate surface area is 177 Å². The molecular weight excluding hydrogens is 422 g/mol. The SMILES string of the molecule is C[C@@H](OCCNCC(N)CCc1ccccc1)c1cc(C(F)(F)F)cc(C(F)(F)F)c1. The number of hydrogen-bond acceptors (Lipinski definition) is 3. The lowest BCUT2D eigenvalue weighted by atomic mass is 10.0. The van der Waals surface area contributed by atoms with E-state index in [4.69, 9.17) is 10.5 Å². The number of benzene rings is 2. The summed E-state index contributed by atoms with van der Waals surface area (Å²) in [4.78, 5) is 0. The highest BCUT2D eigenvalue weighted by molar-refractivity contribution is 5.34. The van der Waals surface area contributed by atoms with Crippen molar-refractivity contribution in [2.24, 2.45) is 5.73 Å². The van der Waals surface area contributed by atoms with Crippen LogP contribution in [0.2, 0.25) is 0 Å². The molecule has 9 heteroatoms. The minimum atomic E-state index is -4.88. The number of aryl methyl sites for hydroxylation is 1. The zero-order valence-corrected chi connectivity index (χ0v) is 17.1. The second-order valence-electron chi connectivity index (χ2n) is 7.34. The lowest BCUT2D eigenvalue weighted by Gasteiger charge is -2.19. The number of hydrogen-bond donors (Lipinski definition) is 2. The van der Waals surface area contributed by atoms with Gasteiger partial charge >= 0.3 is 12.4 Å². The molecule has 0 saturated carbocycles. The van der Waals surface area contributed by atoms with Crippen molar-refractivity contribution in [3.8, 4) is 0 Å². The van der Waals surface area contributed by atoms with E-state index >= 15 is 0 Å². The van der Waals surface area contributed by atoms with Crippen molar-refractivity contribution in [3.05, 3.63) is 70.8 Å². The van der Waals surface area contributed by atoms with E-state index in [-0.39, 0.29) is 24.3 Å². The van der Waals surface area contributed by atoms with Crippen molar-refractivity contribution in [2.45, 2.75) is 44.3 Å². The Hall–Kier alpha value is -2.10. The summed E-state index contributed by atoms with van der Waals surface area (Å²) in [6, 6.07) is 11.3. The lowest BCUT2D eigenvalue weighted by molar-refractivity contribution is -0.143. The van der Waals surface area contributed by atoms with Crippen LogP contribution in [0.4, 0.5) is 26.3 Å².